The molecule has 7 heteroatoms. The number of hydrogen-bond donors (Lipinski definition) is 1. The Hall–Kier alpha value is -2.41. The van der Waals surface area contributed by atoms with Gasteiger partial charge >= 0.3 is 5.97 Å². The first-order valence-electron chi connectivity index (χ1n) is 9.21. The smallest absolute Gasteiger partial charge is 0.329 e. The molecule has 7 nitrogen and oxygen atoms in total. The summed E-state index contributed by atoms with van der Waals surface area (Å²) < 4.78 is 10.6. The maximum absolute atomic E-state index is 12.4. The van der Waals surface area contributed by atoms with Crippen molar-refractivity contribution in [3.63, 3.8) is 0 Å². The highest BCUT2D eigenvalue weighted by Crippen LogP contribution is 2.09. The van der Waals surface area contributed by atoms with Gasteiger partial charge in [0, 0.05) is 18.7 Å². The minimum absolute atomic E-state index is 0.0320. The van der Waals surface area contributed by atoms with Crippen molar-refractivity contribution >= 4 is 17.8 Å². The van der Waals surface area contributed by atoms with Crippen LogP contribution in [-0.4, -0.2) is 61.1 Å². The summed E-state index contributed by atoms with van der Waals surface area (Å²) in [5.74, 6) is -1.39. The first-order valence-corrected chi connectivity index (χ1v) is 9.21. The van der Waals surface area contributed by atoms with Crippen LogP contribution in [0.4, 0.5) is 0 Å². The summed E-state index contributed by atoms with van der Waals surface area (Å²) in [4.78, 5) is 38.7. The van der Waals surface area contributed by atoms with E-state index in [-0.39, 0.29) is 30.4 Å². The van der Waals surface area contributed by atoms with E-state index in [4.69, 9.17) is 9.47 Å². The van der Waals surface area contributed by atoms with Crippen LogP contribution in [0.2, 0.25) is 0 Å². The second-order valence-electron chi connectivity index (χ2n) is 7.19. The average molecular weight is 376 g/mol. The third-order valence-electron chi connectivity index (χ3n) is 4.42. The van der Waals surface area contributed by atoms with Crippen molar-refractivity contribution in [3.05, 3.63) is 35.4 Å². The van der Waals surface area contributed by atoms with Crippen LogP contribution >= 0.6 is 0 Å². The van der Waals surface area contributed by atoms with Gasteiger partial charge in [-0.25, -0.2) is 4.79 Å². The molecular formula is C20H28N2O5. The molecule has 0 radical (unpaired) electrons. The Kier molecular flexibility index (Phi) is 7.36. The fraction of sp³-hybridized carbons (Fsp3) is 0.550. The molecule has 0 aliphatic carbocycles. The van der Waals surface area contributed by atoms with E-state index < -0.39 is 12.0 Å². The number of nitrogens with one attached hydrogen (secondary N) is 1. The standard InChI is InChI=1S/C20H28N2O5/c1-13(2)18(21-19(24)16-7-5-6-14(3)10-16)20(25)27-12-17(23)22-8-9-26-15(4)11-22/h5-7,10,13,15,18H,8-9,11-12H2,1-4H3,(H,21,24)/t15?,18-/m0/s1. The summed E-state index contributed by atoms with van der Waals surface area (Å²) in [7, 11) is 0. The number of hydrogen-bond acceptors (Lipinski definition) is 5. The van der Waals surface area contributed by atoms with Gasteiger partial charge in [0.2, 0.25) is 0 Å². The number of carbonyl (C=O) groups is 3. The van der Waals surface area contributed by atoms with Gasteiger partial charge in [-0.15, -0.1) is 0 Å². The molecule has 1 unspecified atom stereocenters. The first kappa shape index (κ1) is 20.9. The molecule has 1 aliphatic rings. The molecule has 27 heavy (non-hydrogen) atoms. The highest BCUT2D eigenvalue weighted by Gasteiger charge is 2.28. The Balaban J connectivity index is 1.92. The Morgan fingerprint density at radius 3 is 2.70 bits per heavy atom. The van der Waals surface area contributed by atoms with Gasteiger partial charge in [-0.05, 0) is 31.9 Å². The highest BCUT2D eigenvalue weighted by molar-refractivity contribution is 5.97. The van der Waals surface area contributed by atoms with Crippen LogP contribution in [-0.2, 0) is 19.1 Å². The van der Waals surface area contributed by atoms with E-state index in [1.54, 1.807) is 23.1 Å². The molecule has 2 rings (SSSR count). The third kappa shape index (κ3) is 6.06. The topological polar surface area (TPSA) is 84.9 Å². The number of benzene rings is 1. The summed E-state index contributed by atoms with van der Waals surface area (Å²) >= 11 is 0. The van der Waals surface area contributed by atoms with E-state index in [0.717, 1.165) is 5.56 Å². The van der Waals surface area contributed by atoms with Gasteiger partial charge < -0.3 is 19.7 Å². The Morgan fingerprint density at radius 2 is 2.07 bits per heavy atom. The van der Waals surface area contributed by atoms with Crippen LogP contribution in [0.5, 0.6) is 0 Å². The lowest BCUT2D eigenvalue weighted by Crippen LogP contribution is -2.48. The fourth-order valence-electron chi connectivity index (χ4n) is 2.87. The largest absolute Gasteiger partial charge is 0.454 e. The molecule has 2 atom stereocenters. The Labute approximate surface area is 160 Å². The van der Waals surface area contributed by atoms with Crippen LogP contribution in [0.25, 0.3) is 0 Å². The zero-order valence-electron chi connectivity index (χ0n) is 16.4. The second-order valence-corrected chi connectivity index (χ2v) is 7.19. The number of rotatable bonds is 6. The summed E-state index contributed by atoms with van der Waals surface area (Å²) in [6.45, 7) is 8.51. The molecule has 1 N–H and O–H groups in total. The van der Waals surface area contributed by atoms with Crippen molar-refractivity contribution in [1.82, 2.24) is 10.2 Å². The first-order chi connectivity index (χ1) is 12.8. The molecule has 1 aliphatic heterocycles. The molecule has 1 saturated heterocycles. The minimum Gasteiger partial charge on any atom is -0.454 e. The summed E-state index contributed by atoms with van der Waals surface area (Å²) in [6.07, 6.45) is -0.0320. The van der Waals surface area contributed by atoms with E-state index in [1.807, 2.05) is 33.8 Å². The monoisotopic (exact) mass is 376 g/mol. The number of amides is 2. The molecule has 1 fully saturated rings. The summed E-state index contributed by atoms with van der Waals surface area (Å²) in [5, 5.41) is 2.71. The predicted octanol–water partition coefficient (Wildman–Crippen LogP) is 1.54. The van der Waals surface area contributed by atoms with Crippen LogP contribution in [0.15, 0.2) is 24.3 Å². The Bertz CT molecular complexity index is 689. The van der Waals surface area contributed by atoms with Crippen molar-refractivity contribution in [3.8, 4) is 0 Å². The van der Waals surface area contributed by atoms with Crippen molar-refractivity contribution < 1.29 is 23.9 Å². The summed E-state index contributed by atoms with van der Waals surface area (Å²) in [6, 6.07) is 6.29. The van der Waals surface area contributed by atoms with Crippen molar-refractivity contribution in [2.24, 2.45) is 5.92 Å². The van der Waals surface area contributed by atoms with E-state index in [9.17, 15) is 14.4 Å². The molecule has 148 valence electrons. The third-order valence-corrected chi connectivity index (χ3v) is 4.42. The van der Waals surface area contributed by atoms with Crippen LogP contribution in [0.1, 0.15) is 36.7 Å². The number of nitrogens with zero attached hydrogens (tertiary/aromatic N) is 1. The van der Waals surface area contributed by atoms with E-state index in [1.165, 1.54) is 0 Å². The zero-order valence-corrected chi connectivity index (χ0v) is 16.4. The molecule has 2 amide bonds. The molecule has 0 saturated carbocycles. The lowest BCUT2D eigenvalue weighted by atomic mass is 10.0. The SMILES string of the molecule is Cc1cccc(C(=O)N[C@H](C(=O)OCC(=O)N2CCOC(C)C2)C(C)C)c1. The number of esters is 1. The number of ether oxygens (including phenoxy) is 2. The fourth-order valence-corrected chi connectivity index (χ4v) is 2.87. The Morgan fingerprint density at radius 1 is 1.33 bits per heavy atom. The zero-order chi connectivity index (χ0) is 20.0. The number of morpholine rings is 1. The maximum atomic E-state index is 12.4. The van der Waals surface area contributed by atoms with Crippen LogP contribution in [0, 0.1) is 12.8 Å². The lowest BCUT2D eigenvalue weighted by Gasteiger charge is -2.31. The lowest BCUT2D eigenvalue weighted by molar-refractivity contribution is -0.156. The van der Waals surface area contributed by atoms with Gasteiger partial charge in [0.05, 0.1) is 12.7 Å². The van der Waals surface area contributed by atoms with Gasteiger partial charge in [0.25, 0.3) is 11.8 Å². The molecule has 1 aromatic rings. The molecule has 1 heterocycles. The van der Waals surface area contributed by atoms with Gasteiger partial charge in [0.15, 0.2) is 6.61 Å². The van der Waals surface area contributed by atoms with Gasteiger partial charge in [-0.3, -0.25) is 9.59 Å². The number of aryl methyl sites for hydroxylation is 1. The molecule has 0 aromatic heterocycles. The van der Waals surface area contributed by atoms with Crippen molar-refractivity contribution in [2.45, 2.75) is 39.8 Å². The van der Waals surface area contributed by atoms with Gasteiger partial charge in [0.1, 0.15) is 6.04 Å². The number of carbonyl (C=O) groups excluding carboxylic acids is 3. The van der Waals surface area contributed by atoms with Gasteiger partial charge in [-0.1, -0.05) is 31.5 Å². The van der Waals surface area contributed by atoms with E-state index in [2.05, 4.69) is 5.32 Å². The highest BCUT2D eigenvalue weighted by atomic mass is 16.5. The van der Waals surface area contributed by atoms with Crippen molar-refractivity contribution in [1.29, 1.82) is 0 Å². The molecule has 1 aromatic carbocycles. The summed E-state index contributed by atoms with van der Waals surface area (Å²) in [5.41, 5.74) is 1.43. The second kappa shape index (κ2) is 9.50. The van der Waals surface area contributed by atoms with Crippen LogP contribution < -0.4 is 5.32 Å². The maximum Gasteiger partial charge on any atom is 0.329 e. The normalized spacial score (nSPS) is 18.1. The predicted molar refractivity (Wildman–Crippen MR) is 100 cm³/mol. The van der Waals surface area contributed by atoms with Gasteiger partial charge in [-0.2, -0.15) is 0 Å². The van der Waals surface area contributed by atoms with Crippen LogP contribution in [0.3, 0.4) is 0 Å². The molecule has 0 spiro atoms. The minimum atomic E-state index is -0.825. The van der Waals surface area contributed by atoms with Crippen molar-refractivity contribution in [2.75, 3.05) is 26.3 Å². The molecule has 0 bridgehead atoms. The quantitative estimate of drug-likeness (QED) is 0.762. The molecular weight excluding hydrogens is 348 g/mol. The van der Waals surface area contributed by atoms with E-state index in [0.29, 0.717) is 25.3 Å². The van der Waals surface area contributed by atoms with E-state index >= 15 is 0 Å². The average Bonchev–Trinajstić information content (AvgIpc) is 2.63.